The molecule has 86 valence electrons. The highest BCUT2D eigenvalue weighted by Gasteiger charge is 2.39. The van der Waals surface area contributed by atoms with Crippen LogP contribution in [0.2, 0.25) is 0 Å². The first kappa shape index (κ1) is 11.4. The molecule has 1 heteroatoms. The van der Waals surface area contributed by atoms with Gasteiger partial charge in [-0.25, -0.2) is 0 Å². The number of rotatable bonds is 2. The van der Waals surface area contributed by atoms with Gasteiger partial charge in [0.1, 0.15) is 5.78 Å². The minimum absolute atomic E-state index is 0.0879. The summed E-state index contributed by atoms with van der Waals surface area (Å²) in [7, 11) is 0. The van der Waals surface area contributed by atoms with Crippen LogP contribution in [0.15, 0.2) is 24.3 Å². The van der Waals surface area contributed by atoms with Crippen molar-refractivity contribution in [2.75, 3.05) is 0 Å². The predicted molar refractivity (Wildman–Crippen MR) is 66.4 cm³/mol. The Balaban J connectivity index is 2.07. The molecule has 1 saturated carbocycles. The van der Waals surface area contributed by atoms with Crippen LogP contribution in [0.5, 0.6) is 0 Å². The van der Waals surface area contributed by atoms with Gasteiger partial charge in [0, 0.05) is 11.3 Å². The van der Waals surface area contributed by atoms with Gasteiger partial charge in [-0.05, 0) is 31.7 Å². The molecule has 1 aromatic carbocycles. The fourth-order valence-electron chi connectivity index (χ4n) is 2.55. The summed E-state index contributed by atoms with van der Waals surface area (Å²) in [5, 5.41) is 0. The SMILES string of the molecule is Cc1ccc(CC2CCC(C)(C)C2=O)cc1. The summed E-state index contributed by atoms with van der Waals surface area (Å²) in [5.41, 5.74) is 2.48. The molecule has 16 heavy (non-hydrogen) atoms. The molecule has 1 unspecified atom stereocenters. The summed E-state index contributed by atoms with van der Waals surface area (Å²) in [6, 6.07) is 8.54. The van der Waals surface area contributed by atoms with Crippen LogP contribution in [0.25, 0.3) is 0 Å². The Morgan fingerprint density at radius 2 is 1.88 bits per heavy atom. The van der Waals surface area contributed by atoms with E-state index >= 15 is 0 Å². The molecule has 0 bridgehead atoms. The summed E-state index contributed by atoms with van der Waals surface area (Å²) >= 11 is 0. The summed E-state index contributed by atoms with van der Waals surface area (Å²) in [4.78, 5) is 12.1. The third-order valence-corrected chi connectivity index (χ3v) is 3.76. The number of hydrogen-bond donors (Lipinski definition) is 0. The number of carbonyl (C=O) groups excluding carboxylic acids is 1. The Labute approximate surface area is 97.9 Å². The Morgan fingerprint density at radius 3 is 2.38 bits per heavy atom. The zero-order chi connectivity index (χ0) is 11.8. The maximum atomic E-state index is 12.1. The standard InChI is InChI=1S/C15H20O/c1-11-4-6-12(7-5-11)10-13-8-9-15(2,3)14(13)16/h4-7,13H,8-10H2,1-3H3. The summed E-state index contributed by atoms with van der Waals surface area (Å²) in [6.45, 7) is 6.24. The highest BCUT2D eigenvalue weighted by Crippen LogP contribution is 2.38. The molecule has 0 spiro atoms. The molecule has 0 amide bonds. The normalized spacial score (nSPS) is 23.7. The van der Waals surface area contributed by atoms with Crippen LogP contribution in [0.4, 0.5) is 0 Å². The van der Waals surface area contributed by atoms with E-state index in [1.165, 1.54) is 11.1 Å². The molecule has 1 aromatic rings. The lowest BCUT2D eigenvalue weighted by Crippen LogP contribution is -2.22. The third-order valence-electron chi connectivity index (χ3n) is 3.76. The van der Waals surface area contributed by atoms with Crippen molar-refractivity contribution in [3.05, 3.63) is 35.4 Å². The number of aryl methyl sites for hydroxylation is 1. The average Bonchev–Trinajstić information content (AvgIpc) is 2.49. The van der Waals surface area contributed by atoms with Gasteiger partial charge in [-0.2, -0.15) is 0 Å². The maximum absolute atomic E-state index is 12.1. The number of benzene rings is 1. The topological polar surface area (TPSA) is 17.1 Å². The number of hydrogen-bond acceptors (Lipinski definition) is 1. The van der Waals surface area contributed by atoms with Crippen LogP contribution in [0.1, 0.15) is 37.8 Å². The van der Waals surface area contributed by atoms with Crippen LogP contribution in [-0.2, 0) is 11.2 Å². The van der Waals surface area contributed by atoms with Crippen molar-refractivity contribution in [1.82, 2.24) is 0 Å². The molecular formula is C15H20O. The molecule has 0 saturated heterocycles. The molecule has 0 aromatic heterocycles. The molecule has 1 atom stereocenters. The van der Waals surface area contributed by atoms with E-state index in [1.807, 2.05) is 0 Å². The second-order valence-electron chi connectivity index (χ2n) is 5.67. The smallest absolute Gasteiger partial charge is 0.141 e. The van der Waals surface area contributed by atoms with Crippen LogP contribution >= 0.6 is 0 Å². The zero-order valence-corrected chi connectivity index (χ0v) is 10.4. The van der Waals surface area contributed by atoms with Crippen molar-refractivity contribution in [1.29, 1.82) is 0 Å². The van der Waals surface area contributed by atoms with Crippen LogP contribution in [-0.4, -0.2) is 5.78 Å². The van der Waals surface area contributed by atoms with E-state index < -0.39 is 0 Å². The highest BCUT2D eigenvalue weighted by atomic mass is 16.1. The van der Waals surface area contributed by atoms with Crippen molar-refractivity contribution >= 4 is 5.78 Å². The Kier molecular flexibility index (Phi) is 2.88. The van der Waals surface area contributed by atoms with Crippen molar-refractivity contribution in [3.63, 3.8) is 0 Å². The van der Waals surface area contributed by atoms with Gasteiger partial charge in [0.05, 0.1) is 0 Å². The van der Waals surface area contributed by atoms with Crippen LogP contribution in [0, 0.1) is 18.3 Å². The van der Waals surface area contributed by atoms with E-state index in [4.69, 9.17) is 0 Å². The van der Waals surface area contributed by atoms with Crippen molar-refractivity contribution in [2.24, 2.45) is 11.3 Å². The highest BCUT2D eigenvalue weighted by molar-refractivity contribution is 5.88. The molecule has 2 rings (SSSR count). The van der Waals surface area contributed by atoms with Gasteiger partial charge in [-0.3, -0.25) is 4.79 Å². The summed E-state index contributed by atoms with van der Waals surface area (Å²) in [6.07, 6.45) is 3.02. The molecule has 0 radical (unpaired) electrons. The van der Waals surface area contributed by atoms with E-state index in [0.29, 0.717) is 5.78 Å². The Hall–Kier alpha value is -1.11. The molecule has 1 fully saturated rings. The summed E-state index contributed by atoms with van der Waals surface area (Å²) < 4.78 is 0. The fourth-order valence-corrected chi connectivity index (χ4v) is 2.55. The number of ketones is 1. The van der Waals surface area contributed by atoms with Gasteiger partial charge in [0.25, 0.3) is 0 Å². The second kappa shape index (κ2) is 4.04. The van der Waals surface area contributed by atoms with Crippen molar-refractivity contribution < 1.29 is 4.79 Å². The lowest BCUT2D eigenvalue weighted by Gasteiger charge is -2.15. The fraction of sp³-hybridized carbons (Fsp3) is 0.533. The largest absolute Gasteiger partial charge is 0.299 e. The van der Waals surface area contributed by atoms with E-state index in [0.717, 1.165) is 19.3 Å². The minimum atomic E-state index is -0.0879. The minimum Gasteiger partial charge on any atom is -0.299 e. The molecular weight excluding hydrogens is 196 g/mol. The van der Waals surface area contributed by atoms with Crippen molar-refractivity contribution in [3.8, 4) is 0 Å². The lowest BCUT2D eigenvalue weighted by atomic mass is 9.87. The van der Waals surface area contributed by atoms with E-state index in [1.54, 1.807) is 0 Å². The second-order valence-corrected chi connectivity index (χ2v) is 5.67. The van der Waals surface area contributed by atoms with E-state index in [9.17, 15) is 4.79 Å². The van der Waals surface area contributed by atoms with Gasteiger partial charge in [0.2, 0.25) is 0 Å². The lowest BCUT2D eigenvalue weighted by molar-refractivity contribution is -0.127. The first-order chi connectivity index (χ1) is 7.49. The predicted octanol–water partition coefficient (Wildman–Crippen LogP) is 3.54. The average molecular weight is 216 g/mol. The van der Waals surface area contributed by atoms with Gasteiger partial charge in [0.15, 0.2) is 0 Å². The zero-order valence-electron chi connectivity index (χ0n) is 10.4. The number of Topliss-reactive ketones (excluding diaryl/α,β-unsaturated/α-hetero) is 1. The quantitative estimate of drug-likeness (QED) is 0.739. The Morgan fingerprint density at radius 1 is 1.25 bits per heavy atom. The monoisotopic (exact) mass is 216 g/mol. The van der Waals surface area contributed by atoms with Gasteiger partial charge in [-0.1, -0.05) is 43.7 Å². The van der Waals surface area contributed by atoms with Gasteiger partial charge in [-0.15, -0.1) is 0 Å². The van der Waals surface area contributed by atoms with Crippen molar-refractivity contribution in [2.45, 2.75) is 40.0 Å². The maximum Gasteiger partial charge on any atom is 0.141 e. The van der Waals surface area contributed by atoms with Gasteiger partial charge >= 0.3 is 0 Å². The van der Waals surface area contributed by atoms with E-state index in [-0.39, 0.29) is 11.3 Å². The van der Waals surface area contributed by atoms with Crippen LogP contribution < -0.4 is 0 Å². The molecule has 0 N–H and O–H groups in total. The molecule has 1 aliphatic carbocycles. The Bertz CT molecular complexity index is 386. The molecule has 1 aliphatic rings. The van der Waals surface area contributed by atoms with Crippen LogP contribution in [0.3, 0.4) is 0 Å². The van der Waals surface area contributed by atoms with E-state index in [2.05, 4.69) is 45.0 Å². The number of carbonyl (C=O) groups is 1. The third kappa shape index (κ3) is 2.18. The molecule has 0 heterocycles. The molecule has 0 aliphatic heterocycles. The first-order valence-electron chi connectivity index (χ1n) is 6.09. The summed E-state index contributed by atoms with van der Waals surface area (Å²) in [5.74, 6) is 0.700. The molecule has 1 nitrogen and oxygen atoms in total. The van der Waals surface area contributed by atoms with Gasteiger partial charge < -0.3 is 0 Å². The first-order valence-corrected chi connectivity index (χ1v) is 6.09.